The van der Waals surface area contributed by atoms with Crippen LogP contribution in [0.3, 0.4) is 0 Å². The standard InChI is InChI=1S/C12H19BN2O3/c1-2-16-18-13(12-6-4-3-5-7-12)17-15-10-8-14-9-11-15/h3-7,14H,2,8-11H2,1H3. The summed E-state index contributed by atoms with van der Waals surface area (Å²) in [5.41, 5.74) is 0.949. The van der Waals surface area contributed by atoms with E-state index in [1.807, 2.05) is 42.3 Å². The first kappa shape index (κ1) is 13.5. The molecule has 1 aromatic rings. The molecule has 0 aromatic heterocycles. The van der Waals surface area contributed by atoms with Gasteiger partial charge in [0.1, 0.15) is 0 Å². The molecule has 98 valence electrons. The summed E-state index contributed by atoms with van der Waals surface area (Å²) in [4.78, 5) is 10.3. The van der Waals surface area contributed by atoms with Crippen molar-refractivity contribution in [1.29, 1.82) is 0 Å². The Morgan fingerprint density at radius 3 is 2.61 bits per heavy atom. The predicted molar refractivity (Wildman–Crippen MR) is 70.1 cm³/mol. The van der Waals surface area contributed by atoms with Gasteiger partial charge in [0.2, 0.25) is 0 Å². The van der Waals surface area contributed by atoms with Crippen LogP contribution in [-0.4, -0.2) is 45.0 Å². The first-order valence-electron chi connectivity index (χ1n) is 6.36. The Bertz CT molecular complexity index is 333. The molecule has 0 bridgehead atoms. The van der Waals surface area contributed by atoms with E-state index in [0.29, 0.717) is 6.61 Å². The quantitative estimate of drug-likeness (QED) is 0.443. The van der Waals surface area contributed by atoms with Gasteiger partial charge in [0.05, 0.1) is 6.61 Å². The maximum absolute atomic E-state index is 5.83. The lowest BCUT2D eigenvalue weighted by atomic mass is 9.80. The summed E-state index contributed by atoms with van der Waals surface area (Å²) in [6.45, 7) is 5.92. The van der Waals surface area contributed by atoms with Crippen LogP contribution in [0.15, 0.2) is 30.3 Å². The zero-order chi connectivity index (χ0) is 12.6. The van der Waals surface area contributed by atoms with Gasteiger partial charge in [-0.25, -0.2) is 9.95 Å². The van der Waals surface area contributed by atoms with Crippen molar-refractivity contribution in [3.63, 3.8) is 0 Å². The molecule has 0 spiro atoms. The van der Waals surface area contributed by atoms with E-state index in [-0.39, 0.29) is 0 Å². The molecule has 0 unspecified atom stereocenters. The smallest absolute Gasteiger partial charge is 0.318 e. The Labute approximate surface area is 108 Å². The zero-order valence-electron chi connectivity index (χ0n) is 10.7. The van der Waals surface area contributed by atoms with E-state index in [9.17, 15) is 0 Å². The topological polar surface area (TPSA) is 43.0 Å². The van der Waals surface area contributed by atoms with Crippen molar-refractivity contribution < 1.29 is 14.4 Å². The number of nitrogens with zero attached hydrogens (tertiary/aromatic N) is 1. The van der Waals surface area contributed by atoms with Crippen LogP contribution in [0, 0.1) is 0 Å². The summed E-state index contributed by atoms with van der Waals surface area (Å²) in [7, 11) is -0.510. The number of hydrogen-bond donors (Lipinski definition) is 1. The van der Waals surface area contributed by atoms with E-state index in [2.05, 4.69) is 5.32 Å². The second-order valence-corrected chi connectivity index (χ2v) is 4.03. The van der Waals surface area contributed by atoms with Crippen LogP contribution in [0.5, 0.6) is 0 Å². The minimum atomic E-state index is -0.510. The average molecular weight is 250 g/mol. The van der Waals surface area contributed by atoms with Crippen molar-refractivity contribution in [2.24, 2.45) is 0 Å². The Morgan fingerprint density at radius 2 is 1.94 bits per heavy atom. The van der Waals surface area contributed by atoms with E-state index in [1.165, 1.54) is 0 Å². The van der Waals surface area contributed by atoms with E-state index < -0.39 is 7.12 Å². The summed E-state index contributed by atoms with van der Waals surface area (Å²) in [6.07, 6.45) is 0. The Hall–Kier alpha value is -0.915. The molecule has 18 heavy (non-hydrogen) atoms. The van der Waals surface area contributed by atoms with Gasteiger partial charge < -0.3 is 10.1 Å². The normalized spacial score (nSPS) is 16.7. The van der Waals surface area contributed by atoms with Crippen LogP contribution in [0.25, 0.3) is 0 Å². The fourth-order valence-electron chi connectivity index (χ4n) is 1.76. The molecule has 1 N–H and O–H groups in total. The number of benzene rings is 1. The first-order valence-corrected chi connectivity index (χ1v) is 6.36. The number of hydroxylamine groups is 2. The summed E-state index contributed by atoms with van der Waals surface area (Å²) >= 11 is 0. The van der Waals surface area contributed by atoms with Crippen LogP contribution in [0.1, 0.15) is 6.92 Å². The van der Waals surface area contributed by atoms with Gasteiger partial charge in [0.15, 0.2) is 0 Å². The van der Waals surface area contributed by atoms with Crippen LogP contribution < -0.4 is 10.8 Å². The van der Waals surface area contributed by atoms with E-state index >= 15 is 0 Å². The highest BCUT2D eigenvalue weighted by molar-refractivity contribution is 6.60. The predicted octanol–water partition coefficient (Wildman–Crippen LogP) is 0.187. The summed E-state index contributed by atoms with van der Waals surface area (Å²) in [5.74, 6) is 0. The van der Waals surface area contributed by atoms with Gasteiger partial charge in [0.25, 0.3) is 0 Å². The molecule has 0 radical (unpaired) electrons. The molecule has 0 saturated carbocycles. The van der Waals surface area contributed by atoms with Crippen LogP contribution in [-0.2, 0) is 14.4 Å². The van der Waals surface area contributed by atoms with Crippen molar-refractivity contribution in [3.8, 4) is 0 Å². The van der Waals surface area contributed by atoms with E-state index in [1.54, 1.807) is 0 Å². The minimum Gasteiger partial charge on any atom is -0.318 e. The van der Waals surface area contributed by atoms with Crippen molar-refractivity contribution >= 4 is 12.6 Å². The molecule has 1 aliphatic heterocycles. The molecule has 0 aliphatic carbocycles. The SMILES string of the molecule is CCOOB(ON1CCNCC1)c1ccccc1. The molecule has 1 aliphatic rings. The van der Waals surface area contributed by atoms with Crippen molar-refractivity contribution in [3.05, 3.63) is 30.3 Å². The highest BCUT2D eigenvalue weighted by atomic mass is 17.2. The lowest BCUT2D eigenvalue weighted by Crippen LogP contribution is -2.49. The lowest BCUT2D eigenvalue weighted by molar-refractivity contribution is -0.235. The van der Waals surface area contributed by atoms with Gasteiger partial charge >= 0.3 is 7.12 Å². The van der Waals surface area contributed by atoms with Gasteiger partial charge in [-0.15, -0.1) is 0 Å². The third kappa shape index (κ3) is 4.08. The fraction of sp³-hybridized carbons (Fsp3) is 0.500. The largest absolute Gasteiger partial charge is 0.542 e. The number of piperazine rings is 1. The van der Waals surface area contributed by atoms with Crippen molar-refractivity contribution in [2.45, 2.75) is 6.92 Å². The molecule has 1 fully saturated rings. The molecule has 0 amide bonds. The lowest BCUT2D eigenvalue weighted by Gasteiger charge is -2.28. The molecule has 6 heteroatoms. The van der Waals surface area contributed by atoms with Crippen LogP contribution in [0.4, 0.5) is 0 Å². The van der Waals surface area contributed by atoms with E-state index in [0.717, 1.165) is 31.6 Å². The van der Waals surface area contributed by atoms with Crippen molar-refractivity contribution in [2.75, 3.05) is 32.8 Å². The second-order valence-electron chi connectivity index (χ2n) is 4.03. The number of nitrogens with one attached hydrogen (secondary N) is 1. The maximum Gasteiger partial charge on any atom is 0.542 e. The van der Waals surface area contributed by atoms with Crippen LogP contribution >= 0.6 is 0 Å². The number of hydrogen-bond acceptors (Lipinski definition) is 5. The first-order chi connectivity index (χ1) is 8.90. The summed E-state index contributed by atoms with van der Waals surface area (Å²) in [5, 5.41) is 5.19. The molecule has 0 atom stereocenters. The van der Waals surface area contributed by atoms with Crippen LogP contribution in [0.2, 0.25) is 0 Å². The molecule has 5 nitrogen and oxygen atoms in total. The molecule has 1 saturated heterocycles. The van der Waals surface area contributed by atoms with Gasteiger partial charge in [-0.1, -0.05) is 30.3 Å². The Morgan fingerprint density at radius 1 is 1.22 bits per heavy atom. The molecular formula is C12H19BN2O3. The minimum absolute atomic E-state index is 0.494. The van der Waals surface area contributed by atoms with Gasteiger partial charge in [-0.2, -0.15) is 0 Å². The summed E-state index contributed by atoms with van der Waals surface area (Å²) < 4.78 is 5.83. The third-order valence-electron chi connectivity index (χ3n) is 2.67. The highest BCUT2D eigenvalue weighted by Crippen LogP contribution is 2.00. The Kier molecular flexibility index (Phi) is 5.63. The zero-order valence-corrected chi connectivity index (χ0v) is 10.7. The van der Waals surface area contributed by atoms with Crippen molar-refractivity contribution in [1.82, 2.24) is 10.4 Å². The fourth-order valence-corrected chi connectivity index (χ4v) is 1.76. The maximum atomic E-state index is 5.83. The molecule has 1 heterocycles. The van der Waals surface area contributed by atoms with Gasteiger partial charge in [-0.3, -0.25) is 4.81 Å². The second kappa shape index (κ2) is 7.50. The third-order valence-corrected chi connectivity index (χ3v) is 2.67. The Balaban J connectivity index is 1.95. The molecular weight excluding hydrogens is 231 g/mol. The monoisotopic (exact) mass is 250 g/mol. The summed E-state index contributed by atoms with van der Waals surface area (Å²) in [6, 6.07) is 9.81. The van der Waals surface area contributed by atoms with Gasteiger partial charge in [0, 0.05) is 26.2 Å². The molecule has 2 rings (SSSR count). The van der Waals surface area contributed by atoms with Gasteiger partial charge in [-0.05, 0) is 12.4 Å². The van der Waals surface area contributed by atoms with E-state index in [4.69, 9.17) is 14.4 Å². The molecule has 1 aromatic carbocycles. The average Bonchev–Trinajstić information content (AvgIpc) is 2.45. The highest BCUT2D eigenvalue weighted by Gasteiger charge is 2.27. The number of rotatable bonds is 6.